The molecule has 1 heterocycles. The van der Waals surface area contributed by atoms with Crippen molar-refractivity contribution in [2.45, 2.75) is 30.5 Å². The van der Waals surface area contributed by atoms with Crippen molar-refractivity contribution in [2.24, 2.45) is 7.05 Å². The third-order valence-corrected chi connectivity index (χ3v) is 3.93. The summed E-state index contributed by atoms with van der Waals surface area (Å²) in [6.07, 6.45) is -3.94. The molecule has 0 saturated heterocycles. The third kappa shape index (κ3) is 4.71. The van der Waals surface area contributed by atoms with Crippen molar-refractivity contribution >= 4 is 15.8 Å². The van der Waals surface area contributed by atoms with E-state index in [1.54, 1.807) is 0 Å². The lowest BCUT2D eigenvalue weighted by Gasteiger charge is -2.08. The van der Waals surface area contributed by atoms with E-state index in [-0.39, 0.29) is 30.2 Å². The Balaban J connectivity index is 2.49. The summed E-state index contributed by atoms with van der Waals surface area (Å²) in [6.45, 7) is -0.0803. The molecule has 0 atom stereocenters. The first-order chi connectivity index (χ1) is 8.63. The minimum atomic E-state index is -4.22. The minimum absolute atomic E-state index is 0.0803. The SMILES string of the molecule is Cn1cnc(N)c1S(=O)(=O)NCCCCC(F)(F)F. The molecule has 0 bridgehead atoms. The van der Waals surface area contributed by atoms with E-state index < -0.39 is 22.6 Å². The van der Waals surface area contributed by atoms with Gasteiger partial charge in [0.2, 0.25) is 0 Å². The number of halogens is 3. The van der Waals surface area contributed by atoms with Gasteiger partial charge in [0.1, 0.15) is 0 Å². The average molecular weight is 300 g/mol. The van der Waals surface area contributed by atoms with Gasteiger partial charge in [-0.05, 0) is 12.8 Å². The molecule has 10 heteroatoms. The fourth-order valence-corrected chi connectivity index (χ4v) is 2.79. The zero-order valence-corrected chi connectivity index (χ0v) is 11.1. The van der Waals surface area contributed by atoms with E-state index in [9.17, 15) is 21.6 Å². The Morgan fingerprint density at radius 3 is 2.53 bits per heavy atom. The number of nitrogen functional groups attached to an aromatic ring is 1. The first-order valence-electron chi connectivity index (χ1n) is 5.47. The number of nitrogens with zero attached hydrogens (tertiary/aromatic N) is 2. The molecule has 1 aromatic heterocycles. The van der Waals surface area contributed by atoms with E-state index >= 15 is 0 Å². The maximum Gasteiger partial charge on any atom is 0.389 e. The number of anilines is 1. The summed E-state index contributed by atoms with van der Waals surface area (Å²) < 4.78 is 62.7. The maximum absolute atomic E-state index is 11.9. The van der Waals surface area contributed by atoms with Crippen LogP contribution in [0.1, 0.15) is 19.3 Å². The molecule has 0 saturated carbocycles. The third-order valence-electron chi connectivity index (χ3n) is 2.34. The van der Waals surface area contributed by atoms with Gasteiger partial charge in [-0.2, -0.15) is 13.2 Å². The maximum atomic E-state index is 11.9. The highest BCUT2D eigenvalue weighted by molar-refractivity contribution is 7.89. The molecule has 19 heavy (non-hydrogen) atoms. The van der Waals surface area contributed by atoms with Gasteiger partial charge in [-0.1, -0.05) is 0 Å². The molecule has 6 nitrogen and oxygen atoms in total. The zero-order chi connectivity index (χ0) is 14.7. The number of rotatable bonds is 6. The number of aromatic nitrogens is 2. The van der Waals surface area contributed by atoms with E-state index in [4.69, 9.17) is 5.73 Å². The van der Waals surface area contributed by atoms with E-state index in [1.165, 1.54) is 17.9 Å². The van der Waals surface area contributed by atoms with Crippen LogP contribution in [0.4, 0.5) is 19.0 Å². The number of nitrogens with two attached hydrogens (primary N) is 1. The molecular formula is C9H15F3N4O2S. The molecule has 0 amide bonds. The van der Waals surface area contributed by atoms with E-state index in [0.717, 1.165) is 0 Å². The van der Waals surface area contributed by atoms with Gasteiger partial charge in [-0.25, -0.2) is 18.1 Å². The Kier molecular flexibility index (Phi) is 4.80. The lowest BCUT2D eigenvalue weighted by molar-refractivity contribution is -0.135. The second kappa shape index (κ2) is 5.78. The van der Waals surface area contributed by atoms with Crippen LogP contribution in [0.2, 0.25) is 0 Å². The second-order valence-electron chi connectivity index (χ2n) is 4.02. The monoisotopic (exact) mass is 300 g/mol. The highest BCUT2D eigenvalue weighted by Crippen LogP contribution is 2.22. The molecule has 1 aromatic rings. The van der Waals surface area contributed by atoms with E-state index in [0.29, 0.717) is 0 Å². The van der Waals surface area contributed by atoms with Crippen molar-refractivity contribution in [1.29, 1.82) is 0 Å². The lowest BCUT2D eigenvalue weighted by atomic mass is 10.2. The lowest BCUT2D eigenvalue weighted by Crippen LogP contribution is -2.27. The molecule has 0 aliphatic rings. The molecule has 1 rings (SSSR count). The predicted molar refractivity (Wildman–Crippen MR) is 62.7 cm³/mol. The number of alkyl halides is 3. The molecular weight excluding hydrogens is 285 g/mol. The van der Waals surface area contributed by atoms with Crippen molar-refractivity contribution in [1.82, 2.24) is 14.3 Å². The summed E-state index contributed by atoms with van der Waals surface area (Å²) in [5.74, 6) is -0.148. The number of sulfonamides is 1. The van der Waals surface area contributed by atoms with Crippen LogP contribution in [0, 0.1) is 0 Å². The van der Waals surface area contributed by atoms with Crippen LogP contribution >= 0.6 is 0 Å². The molecule has 0 radical (unpaired) electrons. The Bertz CT molecular complexity index is 505. The number of aryl methyl sites for hydroxylation is 1. The highest BCUT2D eigenvalue weighted by atomic mass is 32.2. The summed E-state index contributed by atoms with van der Waals surface area (Å²) >= 11 is 0. The van der Waals surface area contributed by atoms with E-state index in [2.05, 4.69) is 9.71 Å². The van der Waals surface area contributed by atoms with Gasteiger partial charge in [0.25, 0.3) is 10.0 Å². The molecule has 0 spiro atoms. The van der Waals surface area contributed by atoms with Crippen molar-refractivity contribution in [2.75, 3.05) is 12.3 Å². The first kappa shape index (κ1) is 15.8. The molecule has 110 valence electrons. The topological polar surface area (TPSA) is 90.0 Å². The van der Waals surface area contributed by atoms with Crippen LogP contribution in [-0.4, -0.2) is 30.7 Å². The Morgan fingerprint density at radius 2 is 2.05 bits per heavy atom. The highest BCUT2D eigenvalue weighted by Gasteiger charge is 2.26. The Morgan fingerprint density at radius 1 is 1.42 bits per heavy atom. The normalized spacial score (nSPS) is 12.8. The Hall–Kier alpha value is -1.29. The van der Waals surface area contributed by atoms with Crippen LogP contribution in [0.5, 0.6) is 0 Å². The number of hydrogen-bond donors (Lipinski definition) is 2. The average Bonchev–Trinajstić information content (AvgIpc) is 2.56. The van der Waals surface area contributed by atoms with Gasteiger partial charge in [0.05, 0.1) is 6.33 Å². The summed E-state index contributed by atoms with van der Waals surface area (Å²) in [4.78, 5) is 3.63. The van der Waals surface area contributed by atoms with Crippen molar-refractivity contribution < 1.29 is 21.6 Å². The molecule has 0 aromatic carbocycles. The fourth-order valence-electron chi connectivity index (χ4n) is 1.49. The first-order valence-corrected chi connectivity index (χ1v) is 6.95. The van der Waals surface area contributed by atoms with Crippen LogP contribution in [-0.2, 0) is 17.1 Å². The quantitative estimate of drug-likeness (QED) is 0.767. The largest absolute Gasteiger partial charge is 0.389 e. The molecule has 0 aliphatic carbocycles. The van der Waals surface area contributed by atoms with Gasteiger partial charge >= 0.3 is 6.18 Å². The van der Waals surface area contributed by atoms with Gasteiger partial charge in [-0.3, -0.25) is 0 Å². The second-order valence-corrected chi connectivity index (χ2v) is 5.70. The number of nitrogens with one attached hydrogen (secondary N) is 1. The number of unbranched alkanes of at least 4 members (excludes halogenated alkanes) is 1. The number of imidazole rings is 1. The van der Waals surface area contributed by atoms with Gasteiger partial charge in [-0.15, -0.1) is 0 Å². The summed E-state index contributed by atoms with van der Waals surface area (Å²) in [6, 6.07) is 0. The van der Waals surface area contributed by atoms with Crippen LogP contribution in [0.25, 0.3) is 0 Å². The van der Waals surface area contributed by atoms with Gasteiger partial charge < -0.3 is 10.3 Å². The van der Waals surface area contributed by atoms with Crippen LogP contribution < -0.4 is 10.5 Å². The van der Waals surface area contributed by atoms with Crippen molar-refractivity contribution in [3.63, 3.8) is 0 Å². The predicted octanol–water partition coefficient (Wildman–Crippen LogP) is 1.01. The van der Waals surface area contributed by atoms with E-state index in [1.807, 2.05) is 0 Å². The standard InChI is InChI=1S/C9H15F3N4O2S/c1-16-6-14-7(13)8(16)19(17,18)15-5-3-2-4-9(10,11)12/h6,15H,2-5,13H2,1H3. The Labute approximate surface area is 108 Å². The summed E-state index contributed by atoms with van der Waals surface area (Å²) in [7, 11) is -2.39. The number of hydrogen-bond acceptors (Lipinski definition) is 4. The fraction of sp³-hybridized carbons (Fsp3) is 0.667. The summed E-state index contributed by atoms with van der Waals surface area (Å²) in [5.41, 5.74) is 5.42. The van der Waals surface area contributed by atoms with Gasteiger partial charge in [0, 0.05) is 20.0 Å². The van der Waals surface area contributed by atoms with Crippen LogP contribution in [0.15, 0.2) is 11.4 Å². The molecule has 0 aliphatic heterocycles. The molecule has 0 fully saturated rings. The van der Waals surface area contributed by atoms with Gasteiger partial charge in [0.15, 0.2) is 10.8 Å². The zero-order valence-electron chi connectivity index (χ0n) is 10.2. The van der Waals surface area contributed by atoms with Crippen LogP contribution in [0.3, 0.4) is 0 Å². The molecule has 0 unspecified atom stereocenters. The summed E-state index contributed by atoms with van der Waals surface area (Å²) in [5, 5.41) is -0.191. The molecule has 3 N–H and O–H groups in total. The van der Waals surface area contributed by atoms with Crippen molar-refractivity contribution in [3.8, 4) is 0 Å². The minimum Gasteiger partial charge on any atom is -0.381 e. The smallest absolute Gasteiger partial charge is 0.381 e. The van der Waals surface area contributed by atoms with Crippen molar-refractivity contribution in [3.05, 3.63) is 6.33 Å².